The first-order chi connectivity index (χ1) is 7.74. The van der Waals surface area contributed by atoms with Gasteiger partial charge in [-0.05, 0) is 36.5 Å². The van der Waals surface area contributed by atoms with E-state index < -0.39 is 0 Å². The second-order valence-electron chi connectivity index (χ2n) is 3.17. The number of amides is 1. The van der Waals surface area contributed by atoms with Gasteiger partial charge in [-0.3, -0.25) is 4.79 Å². The number of hydrogen-bond acceptors (Lipinski definition) is 5. The molecular formula is C9H14ClN3OS2. The van der Waals surface area contributed by atoms with Crippen LogP contribution in [0.1, 0.15) is 29.1 Å². The predicted octanol–water partition coefficient (Wildman–Crippen LogP) is 2.45. The molecule has 0 aliphatic carbocycles. The molecule has 1 aromatic heterocycles. The van der Waals surface area contributed by atoms with Gasteiger partial charge in [0.25, 0.3) is 5.91 Å². The Morgan fingerprint density at radius 1 is 1.44 bits per heavy atom. The third-order valence-corrected chi connectivity index (χ3v) is 3.62. The van der Waals surface area contributed by atoms with Crippen LogP contribution in [0.5, 0.6) is 0 Å². The van der Waals surface area contributed by atoms with Crippen LogP contribution in [0.25, 0.3) is 0 Å². The van der Waals surface area contributed by atoms with E-state index >= 15 is 0 Å². The zero-order chi connectivity index (χ0) is 11.8. The van der Waals surface area contributed by atoms with E-state index in [9.17, 15) is 4.79 Å². The molecule has 16 heavy (non-hydrogen) atoms. The molecule has 0 atom stereocenters. The molecule has 90 valence electrons. The van der Waals surface area contributed by atoms with E-state index in [0.29, 0.717) is 16.0 Å². The summed E-state index contributed by atoms with van der Waals surface area (Å²) in [5.41, 5.74) is 0. The fourth-order valence-electron chi connectivity index (χ4n) is 1.12. The molecule has 0 unspecified atom stereocenters. The summed E-state index contributed by atoms with van der Waals surface area (Å²) in [4.78, 5) is 11.5. The van der Waals surface area contributed by atoms with E-state index in [2.05, 4.69) is 21.8 Å². The van der Waals surface area contributed by atoms with Crippen LogP contribution in [0.3, 0.4) is 0 Å². The van der Waals surface area contributed by atoms with E-state index in [1.165, 1.54) is 12.2 Å². The molecule has 0 fully saturated rings. The van der Waals surface area contributed by atoms with Gasteiger partial charge >= 0.3 is 0 Å². The highest BCUT2D eigenvalue weighted by atomic mass is 35.5. The van der Waals surface area contributed by atoms with Gasteiger partial charge in [0.15, 0.2) is 0 Å². The number of aromatic nitrogens is 2. The normalized spacial score (nSPS) is 10.4. The SMILES string of the molecule is CSCCCCCNC(=O)c1nnc(Cl)s1. The Hall–Kier alpha value is -0.330. The minimum Gasteiger partial charge on any atom is -0.350 e. The van der Waals surface area contributed by atoms with Crippen LogP contribution < -0.4 is 5.32 Å². The molecule has 1 rings (SSSR count). The van der Waals surface area contributed by atoms with Crippen molar-refractivity contribution in [1.82, 2.24) is 15.5 Å². The molecule has 0 aliphatic rings. The molecule has 0 saturated carbocycles. The number of carbonyl (C=O) groups excluding carboxylic acids is 1. The molecule has 0 saturated heterocycles. The second-order valence-corrected chi connectivity index (χ2v) is 5.71. The number of unbranched alkanes of at least 4 members (excludes halogenated alkanes) is 2. The standard InChI is InChI=1S/C9H14ClN3OS2/c1-15-6-4-2-3-5-11-7(14)8-12-13-9(10)16-8/h2-6H2,1H3,(H,11,14). The monoisotopic (exact) mass is 279 g/mol. The summed E-state index contributed by atoms with van der Waals surface area (Å²) in [6.07, 6.45) is 5.43. The third-order valence-electron chi connectivity index (χ3n) is 1.91. The van der Waals surface area contributed by atoms with Crippen molar-refractivity contribution in [3.63, 3.8) is 0 Å². The van der Waals surface area contributed by atoms with Crippen LogP contribution in [-0.2, 0) is 0 Å². The lowest BCUT2D eigenvalue weighted by Gasteiger charge is -2.01. The Bertz CT molecular complexity index is 332. The van der Waals surface area contributed by atoms with Gasteiger partial charge in [-0.25, -0.2) is 0 Å². The number of rotatable bonds is 7. The molecule has 1 heterocycles. The molecule has 0 bridgehead atoms. The lowest BCUT2D eigenvalue weighted by Crippen LogP contribution is -2.24. The van der Waals surface area contributed by atoms with Crippen molar-refractivity contribution in [2.24, 2.45) is 0 Å². The third kappa shape index (κ3) is 5.14. The summed E-state index contributed by atoms with van der Waals surface area (Å²) < 4.78 is 0.296. The average Bonchev–Trinajstić information content (AvgIpc) is 2.70. The van der Waals surface area contributed by atoms with Crippen LogP contribution in [-0.4, -0.2) is 34.7 Å². The molecule has 1 N–H and O–H groups in total. The number of hydrogen-bond donors (Lipinski definition) is 1. The van der Waals surface area contributed by atoms with Crippen molar-refractivity contribution < 1.29 is 4.79 Å². The highest BCUT2D eigenvalue weighted by molar-refractivity contribution is 7.98. The molecular weight excluding hydrogens is 266 g/mol. The Morgan fingerprint density at radius 2 is 2.25 bits per heavy atom. The first-order valence-electron chi connectivity index (χ1n) is 5.00. The summed E-state index contributed by atoms with van der Waals surface area (Å²) in [7, 11) is 0. The summed E-state index contributed by atoms with van der Waals surface area (Å²) in [5, 5.41) is 10.4. The minimum absolute atomic E-state index is 0.186. The van der Waals surface area contributed by atoms with Gasteiger partial charge in [0.2, 0.25) is 9.47 Å². The van der Waals surface area contributed by atoms with Crippen LogP contribution in [0.2, 0.25) is 4.47 Å². The molecule has 1 aromatic rings. The number of halogens is 1. The van der Waals surface area contributed by atoms with Gasteiger partial charge in [0, 0.05) is 6.54 Å². The smallest absolute Gasteiger partial charge is 0.282 e. The molecule has 1 amide bonds. The molecule has 0 aromatic carbocycles. The molecule has 0 spiro atoms. The van der Waals surface area contributed by atoms with Gasteiger partial charge in [-0.1, -0.05) is 17.8 Å². The van der Waals surface area contributed by atoms with Crippen LogP contribution in [0.15, 0.2) is 0 Å². The first-order valence-corrected chi connectivity index (χ1v) is 7.59. The predicted molar refractivity (Wildman–Crippen MR) is 69.5 cm³/mol. The van der Waals surface area contributed by atoms with Crippen molar-refractivity contribution in [3.05, 3.63) is 9.47 Å². The zero-order valence-electron chi connectivity index (χ0n) is 9.03. The van der Waals surface area contributed by atoms with Gasteiger partial charge < -0.3 is 5.32 Å². The second kappa shape index (κ2) is 7.86. The Labute approximate surface area is 108 Å². The van der Waals surface area contributed by atoms with Gasteiger partial charge in [0.1, 0.15) is 0 Å². The fraction of sp³-hybridized carbons (Fsp3) is 0.667. The maximum absolute atomic E-state index is 11.5. The number of thioether (sulfide) groups is 1. The average molecular weight is 280 g/mol. The van der Waals surface area contributed by atoms with Crippen molar-refractivity contribution >= 4 is 40.6 Å². The maximum Gasteiger partial charge on any atom is 0.282 e. The van der Waals surface area contributed by atoms with E-state index in [1.54, 1.807) is 0 Å². The summed E-state index contributed by atoms with van der Waals surface area (Å²) in [5.74, 6) is 0.995. The highest BCUT2D eigenvalue weighted by Crippen LogP contribution is 2.14. The maximum atomic E-state index is 11.5. The van der Waals surface area contributed by atoms with Crippen LogP contribution >= 0.6 is 34.7 Å². The van der Waals surface area contributed by atoms with E-state index in [4.69, 9.17) is 11.6 Å². The Morgan fingerprint density at radius 3 is 2.88 bits per heavy atom. The number of nitrogens with zero attached hydrogens (tertiary/aromatic N) is 2. The fourth-order valence-corrected chi connectivity index (χ4v) is 2.36. The van der Waals surface area contributed by atoms with Gasteiger partial charge in [-0.15, -0.1) is 10.2 Å². The lowest BCUT2D eigenvalue weighted by molar-refractivity contribution is 0.0952. The molecule has 7 heteroatoms. The van der Waals surface area contributed by atoms with E-state index in [1.807, 2.05) is 11.8 Å². The summed E-state index contributed by atoms with van der Waals surface area (Å²) >= 11 is 8.53. The van der Waals surface area contributed by atoms with Crippen LogP contribution in [0, 0.1) is 0 Å². The van der Waals surface area contributed by atoms with E-state index in [-0.39, 0.29) is 5.91 Å². The van der Waals surface area contributed by atoms with Crippen molar-refractivity contribution in [3.8, 4) is 0 Å². The van der Waals surface area contributed by atoms with Crippen molar-refractivity contribution in [1.29, 1.82) is 0 Å². The Kier molecular flexibility index (Phi) is 6.75. The van der Waals surface area contributed by atoms with Crippen molar-refractivity contribution in [2.75, 3.05) is 18.6 Å². The van der Waals surface area contributed by atoms with E-state index in [0.717, 1.165) is 24.2 Å². The summed E-state index contributed by atoms with van der Waals surface area (Å²) in [6.45, 7) is 0.685. The highest BCUT2D eigenvalue weighted by Gasteiger charge is 2.10. The summed E-state index contributed by atoms with van der Waals surface area (Å²) in [6, 6.07) is 0. The largest absolute Gasteiger partial charge is 0.350 e. The zero-order valence-corrected chi connectivity index (χ0v) is 11.4. The molecule has 0 aliphatic heterocycles. The topological polar surface area (TPSA) is 54.9 Å². The molecule has 4 nitrogen and oxygen atoms in total. The van der Waals surface area contributed by atoms with Crippen LogP contribution in [0.4, 0.5) is 0 Å². The minimum atomic E-state index is -0.186. The number of nitrogens with one attached hydrogen (secondary N) is 1. The Balaban J connectivity index is 2.11. The first kappa shape index (κ1) is 13.7. The lowest BCUT2D eigenvalue weighted by atomic mass is 10.2. The quantitative estimate of drug-likeness (QED) is 0.779. The van der Waals surface area contributed by atoms with Crippen molar-refractivity contribution in [2.45, 2.75) is 19.3 Å². The van der Waals surface area contributed by atoms with Gasteiger partial charge in [-0.2, -0.15) is 11.8 Å². The molecule has 0 radical (unpaired) electrons. The van der Waals surface area contributed by atoms with Gasteiger partial charge in [0.05, 0.1) is 0 Å². The number of carbonyl (C=O) groups is 1.